The molecule has 1 fully saturated rings. The lowest BCUT2D eigenvalue weighted by Gasteiger charge is -2.33. The minimum Gasteiger partial charge on any atom is -0.482 e. The van der Waals surface area contributed by atoms with Crippen LogP contribution in [0.1, 0.15) is 31.2 Å². The molecule has 0 bridgehead atoms. The van der Waals surface area contributed by atoms with Crippen molar-refractivity contribution in [3.8, 4) is 17.3 Å². The van der Waals surface area contributed by atoms with Gasteiger partial charge in [0.15, 0.2) is 6.61 Å². The van der Waals surface area contributed by atoms with Gasteiger partial charge in [-0.15, -0.1) is 10.2 Å². The summed E-state index contributed by atoms with van der Waals surface area (Å²) in [5, 5.41) is 8.74. The number of nitrogens with zero attached hydrogens (tertiary/aromatic N) is 4. The smallest absolute Gasteiger partial charge is 0.266 e. The van der Waals surface area contributed by atoms with Crippen molar-refractivity contribution < 1.29 is 13.9 Å². The fourth-order valence-corrected chi connectivity index (χ4v) is 3.42. The molecule has 1 aliphatic heterocycles. The van der Waals surface area contributed by atoms with Crippen LogP contribution < -0.4 is 4.74 Å². The maximum Gasteiger partial charge on any atom is 0.266 e. The molecule has 1 amide bonds. The molecule has 0 unspecified atom stereocenters. The zero-order chi connectivity index (χ0) is 19.3. The van der Waals surface area contributed by atoms with Crippen LogP contribution in [0, 0.1) is 0 Å². The van der Waals surface area contributed by atoms with Gasteiger partial charge in [0.25, 0.3) is 11.8 Å². The van der Waals surface area contributed by atoms with Crippen LogP contribution in [0.25, 0.3) is 11.6 Å². The Hall–Kier alpha value is -2.93. The second-order valence-electron chi connectivity index (χ2n) is 6.48. The van der Waals surface area contributed by atoms with E-state index in [0.29, 0.717) is 34.8 Å². The lowest BCUT2D eigenvalue weighted by molar-refractivity contribution is -0.137. The second kappa shape index (κ2) is 8.39. The molecular weight excluding hydrogens is 380 g/mol. The molecule has 3 heterocycles. The number of hydrogen-bond donors (Lipinski definition) is 0. The number of likely N-dealkylation sites (tertiary alicyclic amines) is 1. The average Bonchev–Trinajstić information content (AvgIpc) is 3.24. The first-order valence-corrected chi connectivity index (χ1v) is 9.52. The number of piperidine rings is 1. The zero-order valence-corrected chi connectivity index (χ0v) is 15.9. The van der Waals surface area contributed by atoms with Crippen LogP contribution in [-0.4, -0.2) is 39.1 Å². The van der Waals surface area contributed by atoms with Crippen LogP contribution in [-0.2, 0) is 4.79 Å². The number of benzene rings is 1. The van der Waals surface area contributed by atoms with Crippen molar-refractivity contribution in [2.75, 3.05) is 13.2 Å². The Balaban J connectivity index is 1.48. The number of amides is 1. The van der Waals surface area contributed by atoms with Gasteiger partial charge in [0.2, 0.25) is 5.89 Å². The Morgan fingerprint density at radius 3 is 2.86 bits per heavy atom. The van der Waals surface area contributed by atoms with Crippen LogP contribution in [0.4, 0.5) is 0 Å². The van der Waals surface area contributed by atoms with Crippen molar-refractivity contribution >= 4 is 17.5 Å². The van der Waals surface area contributed by atoms with Crippen LogP contribution >= 0.6 is 11.6 Å². The topological polar surface area (TPSA) is 81.4 Å². The molecule has 1 saturated heterocycles. The number of para-hydroxylation sites is 1. The van der Waals surface area contributed by atoms with Gasteiger partial charge in [0.1, 0.15) is 17.5 Å². The van der Waals surface area contributed by atoms with E-state index >= 15 is 0 Å². The van der Waals surface area contributed by atoms with Gasteiger partial charge in [-0.1, -0.05) is 29.8 Å². The van der Waals surface area contributed by atoms with Crippen molar-refractivity contribution in [2.24, 2.45) is 0 Å². The van der Waals surface area contributed by atoms with Crippen molar-refractivity contribution in [3.05, 3.63) is 59.6 Å². The van der Waals surface area contributed by atoms with Gasteiger partial charge in [-0.2, -0.15) is 0 Å². The lowest BCUT2D eigenvalue weighted by Crippen LogP contribution is -2.41. The van der Waals surface area contributed by atoms with Crippen molar-refractivity contribution in [3.63, 3.8) is 0 Å². The lowest BCUT2D eigenvalue weighted by atomic mass is 10.0. The zero-order valence-electron chi connectivity index (χ0n) is 15.1. The molecule has 3 aromatic rings. The number of rotatable bonds is 5. The first-order valence-electron chi connectivity index (χ1n) is 9.14. The Kier molecular flexibility index (Phi) is 5.53. The fraction of sp³-hybridized carbons (Fsp3) is 0.300. The number of hydrogen-bond acceptors (Lipinski definition) is 6. The molecule has 1 aliphatic rings. The predicted molar refractivity (Wildman–Crippen MR) is 103 cm³/mol. The summed E-state index contributed by atoms with van der Waals surface area (Å²) in [7, 11) is 0. The van der Waals surface area contributed by atoms with E-state index in [1.807, 2.05) is 24.3 Å². The van der Waals surface area contributed by atoms with Gasteiger partial charge < -0.3 is 14.1 Å². The van der Waals surface area contributed by atoms with E-state index in [4.69, 9.17) is 20.8 Å². The fourth-order valence-electron chi connectivity index (χ4n) is 3.23. The molecule has 0 saturated carbocycles. The van der Waals surface area contributed by atoms with Crippen molar-refractivity contribution in [2.45, 2.75) is 25.3 Å². The molecular formula is C20H19ClN4O3. The maximum atomic E-state index is 12.8. The number of carbonyl (C=O) groups excluding carboxylic acids is 1. The summed E-state index contributed by atoms with van der Waals surface area (Å²) in [6.45, 7) is 0.526. The molecule has 144 valence electrons. The van der Waals surface area contributed by atoms with E-state index in [2.05, 4.69) is 15.2 Å². The molecule has 0 spiro atoms. The molecule has 0 N–H and O–H groups in total. The van der Waals surface area contributed by atoms with Gasteiger partial charge >= 0.3 is 0 Å². The van der Waals surface area contributed by atoms with E-state index in [-0.39, 0.29) is 18.6 Å². The van der Waals surface area contributed by atoms with E-state index in [9.17, 15) is 4.79 Å². The Morgan fingerprint density at radius 2 is 2.04 bits per heavy atom. The first kappa shape index (κ1) is 18.4. The largest absolute Gasteiger partial charge is 0.482 e. The molecule has 1 aromatic carbocycles. The van der Waals surface area contributed by atoms with E-state index in [1.54, 1.807) is 29.3 Å². The third-order valence-electron chi connectivity index (χ3n) is 4.62. The predicted octanol–water partition coefficient (Wildman–Crippen LogP) is 3.92. The molecule has 0 radical (unpaired) electrons. The number of pyridine rings is 1. The maximum absolute atomic E-state index is 12.8. The van der Waals surface area contributed by atoms with Gasteiger partial charge in [-0.3, -0.25) is 9.78 Å². The minimum absolute atomic E-state index is 0.0958. The van der Waals surface area contributed by atoms with E-state index < -0.39 is 0 Å². The Bertz CT molecular complexity index is 947. The van der Waals surface area contributed by atoms with Gasteiger partial charge in [0.05, 0.1) is 5.02 Å². The molecule has 28 heavy (non-hydrogen) atoms. The molecule has 8 heteroatoms. The minimum atomic E-state index is -0.263. The molecule has 1 atom stereocenters. The van der Waals surface area contributed by atoms with Gasteiger partial charge in [-0.25, -0.2) is 0 Å². The summed E-state index contributed by atoms with van der Waals surface area (Å²) in [4.78, 5) is 18.8. The SMILES string of the molecule is O=C(COc1ccccc1Cl)N1CCCC[C@@H]1c1nnc(-c2ccccn2)o1. The molecule has 4 rings (SSSR count). The monoisotopic (exact) mass is 398 g/mol. The van der Waals surface area contributed by atoms with E-state index in [0.717, 1.165) is 19.3 Å². The van der Waals surface area contributed by atoms with Crippen molar-refractivity contribution in [1.29, 1.82) is 0 Å². The number of carbonyl (C=O) groups is 1. The number of ether oxygens (including phenoxy) is 1. The van der Waals surface area contributed by atoms with Crippen LogP contribution in [0.3, 0.4) is 0 Å². The molecule has 0 aliphatic carbocycles. The van der Waals surface area contributed by atoms with E-state index in [1.165, 1.54) is 0 Å². The highest BCUT2D eigenvalue weighted by Crippen LogP contribution is 2.32. The third-order valence-corrected chi connectivity index (χ3v) is 4.93. The Labute approximate surface area is 167 Å². The number of aromatic nitrogens is 3. The normalized spacial score (nSPS) is 16.8. The third kappa shape index (κ3) is 3.99. The van der Waals surface area contributed by atoms with Crippen LogP contribution in [0.15, 0.2) is 53.1 Å². The van der Waals surface area contributed by atoms with Crippen molar-refractivity contribution in [1.82, 2.24) is 20.1 Å². The summed E-state index contributed by atoms with van der Waals surface area (Å²) in [5.41, 5.74) is 0.608. The quantitative estimate of drug-likeness (QED) is 0.648. The first-order chi connectivity index (χ1) is 13.7. The van der Waals surface area contributed by atoms with Crippen LogP contribution in [0.5, 0.6) is 5.75 Å². The second-order valence-corrected chi connectivity index (χ2v) is 6.89. The molecule has 2 aromatic heterocycles. The summed E-state index contributed by atoms with van der Waals surface area (Å²) < 4.78 is 11.4. The summed E-state index contributed by atoms with van der Waals surface area (Å²) >= 11 is 6.09. The van der Waals surface area contributed by atoms with Crippen LogP contribution in [0.2, 0.25) is 5.02 Å². The van der Waals surface area contributed by atoms with Gasteiger partial charge in [-0.05, 0) is 43.5 Å². The average molecular weight is 399 g/mol. The summed E-state index contributed by atoms with van der Waals surface area (Å²) in [6, 6.07) is 12.3. The highest BCUT2D eigenvalue weighted by atomic mass is 35.5. The standard InChI is InChI=1S/C20H19ClN4O3/c21-14-7-1-2-10-17(14)27-13-18(26)25-12-6-4-9-16(25)20-24-23-19(28-20)15-8-3-5-11-22-15/h1-3,5,7-8,10-11,16H,4,6,9,12-13H2/t16-/m1/s1. The number of halogens is 1. The highest BCUT2D eigenvalue weighted by Gasteiger charge is 2.32. The molecule has 7 nitrogen and oxygen atoms in total. The Morgan fingerprint density at radius 1 is 1.18 bits per heavy atom. The summed E-state index contributed by atoms with van der Waals surface area (Å²) in [5.74, 6) is 1.12. The summed E-state index contributed by atoms with van der Waals surface area (Å²) in [6.07, 6.45) is 4.35. The highest BCUT2D eigenvalue weighted by molar-refractivity contribution is 6.32. The van der Waals surface area contributed by atoms with Gasteiger partial charge in [0, 0.05) is 12.7 Å².